The highest BCUT2D eigenvalue weighted by atomic mass is 16.5. The van der Waals surface area contributed by atoms with Crippen LogP contribution in [0.4, 0.5) is 0 Å². The molecule has 1 N–H and O–H groups in total. The van der Waals surface area contributed by atoms with E-state index in [0.29, 0.717) is 36.4 Å². The first-order valence-corrected chi connectivity index (χ1v) is 11.2. The van der Waals surface area contributed by atoms with Crippen LogP contribution in [-0.2, 0) is 17.9 Å². The van der Waals surface area contributed by atoms with E-state index in [1.54, 1.807) is 28.7 Å². The molecular weight excluding hydrogens is 420 g/mol. The first-order valence-electron chi connectivity index (χ1n) is 11.2. The van der Waals surface area contributed by atoms with E-state index < -0.39 is 0 Å². The van der Waals surface area contributed by atoms with Crippen LogP contribution in [0.15, 0.2) is 47.4 Å². The molecule has 172 valence electrons. The maximum atomic E-state index is 13.1. The second-order valence-corrected chi connectivity index (χ2v) is 8.30. The van der Waals surface area contributed by atoms with Crippen molar-refractivity contribution in [3.05, 3.63) is 69.6 Å². The van der Waals surface area contributed by atoms with Crippen LogP contribution in [0.1, 0.15) is 40.9 Å². The Morgan fingerprint density at radius 1 is 1.12 bits per heavy atom. The lowest BCUT2D eigenvalue weighted by Gasteiger charge is -2.26. The molecule has 33 heavy (non-hydrogen) atoms. The lowest BCUT2D eigenvalue weighted by atomic mass is 10.1. The number of nitrogens with one attached hydrogen (secondary N) is 1. The van der Waals surface area contributed by atoms with Crippen molar-refractivity contribution in [2.75, 3.05) is 20.2 Å². The molecule has 8 heteroatoms. The van der Waals surface area contributed by atoms with Gasteiger partial charge in [-0.25, -0.2) is 4.98 Å². The van der Waals surface area contributed by atoms with Gasteiger partial charge in [-0.05, 0) is 56.0 Å². The molecule has 1 aromatic carbocycles. The number of nitrogens with zero attached hydrogens (tertiary/aromatic N) is 3. The highest BCUT2D eigenvalue weighted by Gasteiger charge is 2.23. The number of aromatic nitrogens is 2. The largest absolute Gasteiger partial charge is 0.497 e. The van der Waals surface area contributed by atoms with Crippen molar-refractivity contribution in [3.8, 4) is 5.75 Å². The zero-order valence-electron chi connectivity index (χ0n) is 19.0. The fraction of sp³-hybridized carbons (Fsp3) is 0.360. The molecule has 1 aliphatic rings. The van der Waals surface area contributed by atoms with Crippen molar-refractivity contribution in [1.29, 1.82) is 0 Å². The lowest BCUT2D eigenvalue weighted by molar-refractivity contribution is -0.121. The second-order valence-electron chi connectivity index (χ2n) is 8.30. The molecule has 1 aliphatic heterocycles. The predicted molar refractivity (Wildman–Crippen MR) is 125 cm³/mol. The zero-order valence-corrected chi connectivity index (χ0v) is 19.0. The summed E-state index contributed by atoms with van der Waals surface area (Å²) in [6, 6.07) is 10.9. The van der Waals surface area contributed by atoms with Gasteiger partial charge in [-0.15, -0.1) is 0 Å². The Morgan fingerprint density at radius 3 is 2.67 bits per heavy atom. The Morgan fingerprint density at radius 2 is 1.91 bits per heavy atom. The molecule has 2 amide bonds. The molecule has 4 rings (SSSR count). The summed E-state index contributed by atoms with van der Waals surface area (Å²) in [4.78, 5) is 45.2. The summed E-state index contributed by atoms with van der Waals surface area (Å²) in [6.45, 7) is 3.38. The minimum atomic E-state index is -0.346. The topological polar surface area (TPSA) is 93.5 Å². The van der Waals surface area contributed by atoms with Crippen LogP contribution in [0.2, 0.25) is 0 Å². The molecule has 1 fully saturated rings. The SMILES string of the molecule is COc1cccc(CNC(=O)Cn2cc(C(=O)N3CCCCC3)c(=O)c3ccc(C)nc32)c1. The smallest absolute Gasteiger partial charge is 0.259 e. The van der Waals surface area contributed by atoms with E-state index in [-0.39, 0.29) is 29.4 Å². The summed E-state index contributed by atoms with van der Waals surface area (Å²) in [5.41, 5.74) is 1.76. The van der Waals surface area contributed by atoms with Gasteiger partial charge in [0, 0.05) is 31.5 Å². The van der Waals surface area contributed by atoms with Crippen LogP contribution >= 0.6 is 0 Å². The van der Waals surface area contributed by atoms with Gasteiger partial charge >= 0.3 is 0 Å². The first kappa shape index (κ1) is 22.5. The molecule has 0 atom stereocenters. The average molecular weight is 449 g/mol. The molecule has 3 heterocycles. The maximum absolute atomic E-state index is 13.1. The monoisotopic (exact) mass is 448 g/mol. The second kappa shape index (κ2) is 9.85. The third-order valence-electron chi connectivity index (χ3n) is 5.87. The minimum Gasteiger partial charge on any atom is -0.497 e. The van der Waals surface area contributed by atoms with Gasteiger partial charge in [-0.3, -0.25) is 14.4 Å². The zero-order chi connectivity index (χ0) is 23.4. The molecule has 0 saturated carbocycles. The molecule has 0 spiro atoms. The predicted octanol–water partition coefficient (Wildman–Crippen LogP) is 2.66. The van der Waals surface area contributed by atoms with Crippen LogP contribution in [0.25, 0.3) is 11.0 Å². The van der Waals surface area contributed by atoms with Gasteiger partial charge in [-0.2, -0.15) is 0 Å². The minimum absolute atomic E-state index is 0.0581. The van der Waals surface area contributed by atoms with Gasteiger partial charge in [0.25, 0.3) is 5.91 Å². The summed E-state index contributed by atoms with van der Waals surface area (Å²) in [6.07, 6.45) is 4.43. The molecule has 2 aromatic heterocycles. The fourth-order valence-corrected chi connectivity index (χ4v) is 4.09. The molecule has 0 radical (unpaired) electrons. The Hall–Kier alpha value is -3.68. The van der Waals surface area contributed by atoms with Gasteiger partial charge in [-0.1, -0.05) is 12.1 Å². The van der Waals surface area contributed by atoms with Gasteiger partial charge in [0.2, 0.25) is 11.3 Å². The number of likely N-dealkylation sites (tertiary alicyclic amines) is 1. The van der Waals surface area contributed by atoms with Crippen molar-refractivity contribution in [2.45, 2.75) is 39.3 Å². The van der Waals surface area contributed by atoms with E-state index in [1.807, 2.05) is 31.2 Å². The van der Waals surface area contributed by atoms with Gasteiger partial charge in [0.05, 0.1) is 12.5 Å². The number of carbonyl (C=O) groups excluding carboxylic acids is 2. The summed E-state index contributed by atoms with van der Waals surface area (Å²) < 4.78 is 6.82. The van der Waals surface area contributed by atoms with E-state index >= 15 is 0 Å². The Kier molecular flexibility index (Phi) is 6.72. The number of benzene rings is 1. The van der Waals surface area contributed by atoms with Crippen LogP contribution in [0.3, 0.4) is 0 Å². The van der Waals surface area contributed by atoms with Crippen LogP contribution in [0, 0.1) is 6.92 Å². The Labute approximate surface area is 192 Å². The van der Waals surface area contributed by atoms with Crippen molar-refractivity contribution in [1.82, 2.24) is 19.8 Å². The molecule has 0 unspecified atom stereocenters. The Bertz CT molecular complexity index is 1240. The van der Waals surface area contributed by atoms with E-state index in [9.17, 15) is 14.4 Å². The summed E-state index contributed by atoms with van der Waals surface area (Å²) in [5, 5.41) is 3.23. The summed E-state index contributed by atoms with van der Waals surface area (Å²) in [7, 11) is 1.59. The number of rotatable bonds is 6. The van der Waals surface area contributed by atoms with E-state index in [2.05, 4.69) is 10.3 Å². The lowest BCUT2D eigenvalue weighted by Crippen LogP contribution is -2.38. The standard InChI is InChI=1S/C25H28N4O4/c1-17-9-10-20-23(31)21(25(32)28-11-4-3-5-12-28)15-29(24(20)27-17)16-22(30)26-14-18-7-6-8-19(13-18)33-2/h6-10,13,15H,3-5,11-12,14,16H2,1-2H3,(H,26,30). The van der Waals surface area contributed by atoms with E-state index in [0.717, 1.165) is 30.5 Å². The number of hydrogen-bond acceptors (Lipinski definition) is 5. The molecule has 0 bridgehead atoms. The van der Waals surface area contributed by atoms with Crippen molar-refractivity contribution < 1.29 is 14.3 Å². The van der Waals surface area contributed by atoms with Gasteiger partial charge in [0.1, 0.15) is 23.5 Å². The third kappa shape index (κ3) is 5.05. The van der Waals surface area contributed by atoms with Gasteiger partial charge < -0.3 is 19.5 Å². The molecular formula is C25H28N4O4. The molecule has 3 aromatic rings. The average Bonchev–Trinajstić information content (AvgIpc) is 2.84. The number of methoxy groups -OCH3 is 1. The third-order valence-corrected chi connectivity index (χ3v) is 5.87. The van der Waals surface area contributed by atoms with Crippen molar-refractivity contribution in [2.24, 2.45) is 0 Å². The summed E-state index contributed by atoms with van der Waals surface area (Å²) >= 11 is 0. The molecule has 1 saturated heterocycles. The van der Waals surface area contributed by atoms with E-state index in [1.165, 1.54) is 6.20 Å². The number of hydrogen-bond donors (Lipinski definition) is 1. The van der Waals surface area contributed by atoms with Crippen LogP contribution < -0.4 is 15.5 Å². The normalized spacial score (nSPS) is 13.7. The number of aryl methyl sites for hydroxylation is 1. The quantitative estimate of drug-likeness (QED) is 0.626. The van der Waals surface area contributed by atoms with Crippen molar-refractivity contribution in [3.63, 3.8) is 0 Å². The van der Waals surface area contributed by atoms with E-state index in [4.69, 9.17) is 4.74 Å². The van der Waals surface area contributed by atoms with Crippen molar-refractivity contribution >= 4 is 22.8 Å². The fourth-order valence-electron chi connectivity index (χ4n) is 4.09. The number of piperidine rings is 1. The van der Waals surface area contributed by atoms with Crippen LogP contribution in [-0.4, -0.2) is 46.5 Å². The highest BCUT2D eigenvalue weighted by Crippen LogP contribution is 2.16. The number of pyridine rings is 2. The van der Waals surface area contributed by atoms with Crippen LogP contribution in [0.5, 0.6) is 5.75 Å². The van der Waals surface area contributed by atoms with Gasteiger partial charge in [0.15, 0.2) is 0 Å². The highest BCUT2D eigenvalue weighted by molar-refractivity contribution is 5.97. The number of amides is 2. The number of carbonyl (C=O) groups is 2. The molecule has 8 nitrogen and oxygen atoms in total. The maximum Gasteiger partial charge on any atom is 0.259 e. The molecule has 0 aliphatic carbocycles. The Balaban J connectivity index is 1.61. The first-order chi connectivity index (χ1) is 16.0. The summed E-state index contributed by atoms with van der Waals surface area (Å²) in [5.74, 6) is 0.184. The number of ether oxygens (including phenoxy) is 1. The number of fused-ring (bicyclic) bond motifs is 1.